The average molecular weight is 294 g/mol. The van der Waals surface area contributed by atoms with Crippen LogP contribution in [0.1, 0.15) is 25.7 Å². The van der Waals surface area contributed by atoms with Crippen LogP contribution in [0.3, 0.4) is 0 Å². The first-order chi connectivity index (χ1) is 10.1. The summed E-state index contributed by atoms with van der Waals surface area (Å²) in [5.74, 6) is -0.670. The number of ether oxygens (including phenoxy) is 1. The van der Waals surface area contributed by atoms with Crippen LogP contribution in [-0.4, -0.2) is 36.6 Å². The minimum absolute atomic E-state index is 0.147. The summed E-state index contributed by atoms with van der Waals surface area (Å²) in [5.41, 5.74) is 0.531. The summed E-state index contributed by atoms with van der Waals surface area (Å²) in [6.45, 7) is 0.606. The van der Waals surface area contributed by atoms with Crippen molar-refractivity contribution >= 4 is 17.7 Å². The fourth-order valence-corrected chi connectivity index (χ4v) is 2.48. The molecule has 0 bridgehead atoms. The van der Waals surface area contributed by atoms with E-state index in [9.17, 15) is 14.0 Å². The molecule has 1 aliphatic heterocycles. The van der Waals surface area contributed by atoms with Crippen LogP contribution in [0, 0.1) is 5.82 Å². The summed E-state index contributed by atoms with van der Waals surface area (Å²) in [7, 11) is 1.34. The van der Waals surface area contributed by atoms with Gasteiger partial charge in [0.15, 0.2) is 0 Å². The topological polar surface area (TPSA) is 58.6 Å². The fraction of sp³-hybridized carbons (Fsp3) is 0.467. The molecule has 1 atom stereocenters. The van der Waals surface area contributed by atoms with E-state index in [0.29, 0.717) is 12.2 Å². The molecule has 1 aromatic rings. The number of nitrogens with one attached hydrogen (secondary N) is 1. The highest BCUT2D eigenvalue weighted by Gasteiger charge is 2.28. The predicted octanol–water partition coefficient (Wildman–Crippen LogP) is 2.78. The van der Waals surface area contributed by atoms with Crippen LogP contribution < -0.4 is 5.32 Å². The second kappa shape index (κ2) is 7.06. The van der Waals surface area contributed by atoms with E-state index in [1.807, 2.05) is 0 Å². The van der Waals surface area contributed by atoms with E-state index < -0.39 is 0 Å². The van der Waals surface area contributed by atoms with Crippen molar-refractivity contribution in [3.63, 3.8) is 0 Å². The molecule has 0 radical (unpaired) electrons. The number of halogens is 1. The fourth-order valence-electron chi connectivity index (χ4n) is 2.48. The first-order valence-corrected chi connectivity index (χ1v) is 7.00. The normalized spacial score (nSPS) is 18.2. The highest BCUT2D eigenvalue weighted by atomic mass is 19.1. The smallest absolute Gasteiger partial charge is 0.322 e. The van der Waals surface area contributed by atoms with Crippen LogP contribution in [0.2, 0.25) is 0 Å². The van der Waals surface area contributed by atoms with Gasteiger partial charge < -0.3 is 15.0 Å². The van der Waals surface area contributed by atoms with Gasteiger partial charge in [-0.3, -0.25) is 4.79 Å². The van der Waals surface area contributed by atoms with Gasteiger partial charge in [0.05, 0.1) is 13.5 Å². The molecule has 0 aliphatic carbocycles. The quantitative estimate of drug-likeness (QED) is 0.872. The van der Waals surface area contributed by atoms with Gasteiger partial charge in [0.25, 0.3) is 0 Å². The maximum absolute atomic E-state index is 12.8. The van der Waals surface area contributed by atoms with E-state index in [1.54, 1.807) is 4.90 Å². The zero-order chi connectivity index (χ0) is 15.2. The Morgan fingerprint density at radius 1 is 1.33 bits per heavy atom. The van der Waals surface area contributed by atoms with Gasteiger partial charge in [0, 0.05) is 18.3 Å². The number of anilines is 1. The van der Waals surface area contributed by atoms with E-state index in [0.717, 1.165) is 19.3 Å². The van der Waals surface area contributed by atoms with Crippen molar-refractivity contribution in [3.05, 3.63) is 30.1 Å². The van der Waals surface area contributed by atoms with E-state index in [2.05, 4.69) is 10.1 Å². The highest BCUT2D eigenvalue weighted by molar-refractivity contribution is 5.89. The molecule has 0 saturated carbocycles. The zero-order valence-corrected chi connectivity index (χ0v) is 12.0. The van der Waals surface area contributed by atoms with E-state index in [1.165, 1.54) is 31.4 Å². The number of urea groups is 1. The summed E-state index contributed by atoms with van der Waals surface area (Å²) in [6, 6.07) is 5.18. The van der Waals surface area contributed by atoms with E-state index in [4.69, 9.17) is 0 Å². The van der Waals surface area contributed by atoms with Gasteiger partial charge in [-0.1, -0.05) is 0 Å². The summed E-state index contributed by atoms with van der Waals surface area (Å²) < 4.78 is 17.5. The van der Waals surface area contributed by atoms with Gasteiger partial charge in [0.1, 0.15) is 5.82 Å². The Kier molecular flexibility index (Phi) is 5.14. The molecule has 1 aliphatic rings. The molecule has 2 amide bonds. The monoisotopic (exact) mass is 294 g/mol. The largest absolute Gasteiger partial charge is 0.469 e. The molecule has 0 aromatic heterocycles. The van der Waals surface area contributed by atoms with Crippen molar-refractivity contribution in [1.29, 1.82) is 0 Å². The van der Waals surface area contributed by atoms with Gasteiger partial charge >= 0.3 is 12.0 Å². The van der Waals surface area contributed by atoms with Crippen LogP contribution in [-0.2, 0) is 9.53 Å². The Morgan fingerprint density at radius 2 is 2.05 bits per heavy atom. The number of carbonyl (C=O) groups excluding carboxylic acids is 2. The number of methoxy groups -OCH3 is 1. The molecule has 114 valence electrons. The minimum atomic E-state index is -0.352. The van der Waals surface area contributed by atoms with Gasteiger partial charge in [-0.15, -0.1) is 0 Å². The summed E-state index contributed by atoms with van der Waals surface area (Å²) in [6.07, 6.45) is 2.88. The second-order valence-electron chi connectivity index (χ2n) is 5.06. The Balaban J connectivity index is 2.00. The Bertz CT molecular complexity index is 504. The second-order valence-corrected chi connectivity index (χ2v) is 5.06. The number of carbonyl (C=O) groups is 2. The SMILES string of the molecule is COC(=O)CC1CCCCN1C(=O)Nc1ccc(F)cc1. The van der Waals surface area contributed by atoms with Crippen molar-refractivity contribution in [2.24, 2.45) is 0 Å². The predicted molar refractivity (Wildman–Crippen MR) is 76.4 cm³/mol. The number of piperidine rings is 1. The average Bonchev–Trinajstić information content (AvgIpc) is 2.50. The summed E-state index contributed by atoms with van der Waals surface area (Å²) in [4.78, 5) is 25.4. The van der Waals surface area contributed by atoms with Gasteiger partial charge in [0.2, 0.25) is 0 Å². The van der Waals surface area contributed by atoms with Crippen molar-refractivity contribution in [2.75, 3.05) is 19.0 Å². The van der Waals surface area contributed by atoms with Crippen LogP contribution in [0.15, 0.2) is 24.3 Å². The lowest BCUT2D eigenvalue weighted by Gasteiger charge is -2.35. The molecular weight excluding hydrogens is 275 g/mol. The van der Waals surface area contributed by atoms with Crippen molar-refractivity contribution in [1.82, 2.24) is 4.90 Å². The lowest BCUT2D eigenvalue weighted by atomic mass is 10.00. The maximum atomic E-state index is 12.8. The Labute approximate surface area is 123 Å². The minimum Gasteiger partial charge on any atom is -0.469 e. The molecule has 1 saturated heterocycles. The van der Waals surface area contributed by atoms with Crippen molar-refractivity contribution in [3.8, 4) is 0 Å². The standard InChI is InChI=1S/C15H19FN2O3/c1-21-14(19)10-13-4-2-3-9-18(13)15(20)17-12-7-5-11(16)6-8-12/h5-8,13H,2-4,9-10H2,1H3,(H,17,20). The molecular formula is C15H19FN2O3. The highest BCUT2D eigenvalue weighted by Crippen LogP contribution is 2.21. The molecule has 1 heterocycles. The molecule has 2 rings (SSSR count). The maximum Gasteiger partial charge on any atom is 0.322 e. The Hall–Kier alpha value is -2.11. The third kappa shape index (κ3) is 4.18. The number of esters is 1. The van der Waals surface area contributed by atoms with Gasteiger partial charge in [-0.05, 0) is 43.5 Å². The summed E-state index contributed by atoms with van der Waals surface area (Å²) in [5, 5.41) is 2.73. The first-order valence-electron chi connectivity index (χ1n) is 7.00. The molecule has 6 heteroatoms. The van der Waals surface area contributed by atoms with Crippen LogP contribution in [0.5, 0.6) is 0 Å². The number of hydrogen-bond donors (Lipinski definition) is 1. The van der Waals surface area contributed by atoms with Crippen LogP contribution in [0.25, 0.3) is 0 Å². The third-order valence-electron chi connectivity index (χ3n) is 3.61. The third-order valence-corrected chi connectivity index (χ3v) is 3.61. The lowest BCUT2D eigenvalue weighted by molar-refractivity contribution is -0.142. The first kappa shape index (κ1) is 15.3. The molecule has 1 aromatic carbocycles. The number of amides is 2. The molecule has 1 N–H and O–H groups in total. The molecule has 1 fully saturated rings. The van der Waals surface area contributed by atoms with Crippen LogP contribution in [0.4, 0.5) is 14.9 Å². The number of likely N-dealkylation sites (tertiary alicyclic amines) is 1. The molecule has 5 nitrogen and oxygen atoms in total. The lowest BCUT2D eigenvalue weighted by Crippen LogP contribution is -2.46. The van der Waals surface area contributed by atoms with E-state index >= 15 is 0 Å². The molecule has 1 unspecified atom stereocenters. The van der Waals surface area contributed by atoms with Gasteiger partial charge in [-0.25, -0.2) is 9.18 Å². The Morgan fingerprint density at radius 3 is 2.71 bits per heavy atom. The van der Waals surface area contributed by atoms with Crippen molar-refractivity contribution in [2.45, 2.75) is 31.7 Å². The van der Waals surface area contributed by atoms with Crippen molar-refractivity contribution < 1.29 is 18.7 Å². The number of benzene rings is 1. The van der Waals surface area contributed by atoms with E-state index in [-0.39, 0.29) is 30.3 Å². The molecule has 0 spiro atoms. The number of nitrogens with zero attached hydrogens (tertiary/aromatic N) is 1. The zero-order valence-electron chi connectivity index (χ0n) is 12.0. The van der Waals surface area contributed by atoms with Gasteiger partial charge in [-0.2, -0.15) is 0 Å². The van der Waals surface area contributed by atoms with Crippen LogP contribution >= 0.6 is 0 Å². The molecule has 21 heavy (non-hydrogen) atoms. The number of hydrogen-bond acceptors (Lipinski definition) is 3. The number of rotatable bonds is 3. The summed E-state index contributed by atoms with van der Waals surface area (Å²) >= 11 is 0.